The van der Waals surface area contributed by atoms with Gasteiger partial charge in [0.15, 0.2) is 5.78 Å². The van der Waals surface area contributed by atoms with Gasteiger partial charge >= 0.3 is 0 Å². The lowest BCUT2D eigenvalue weighted by Crippen LogP contribution is -2.15. The zero-order chi connectivity index (χ0) is 21.7. The van der Waals surface area contributed by atoms with Gasteiger partial charge in [-0.25, -0.2) is 8.42 Å². The third kappa shape index (κ3) is 4.68. The predicted molar refractivity (Wildman–Crippen MR) is 119 cm³/mol. The van der Waals surface area contributed by atoms with Crippen molar-refractivity contribution in [2.75, 3.05) is 24.8 Å². The van der Waals surface area contributed by atoms with Crippen LogP contribution in [0.4, 0.5) is 5.69 Å². The van der Waals surface area contributed by atoms with Gasteiger partial charge in [0.25, 0.3) is 10.0 Å². The van der Waals surface area contributed by atoms with E-state index in [1.807, 2.05) is 24.3 Å². The topological polar surface area (TPSA) is 81.7 Å². The molecule has 0 aliphatic heterocycles. The summed E-state index contributed by atoms with van der Waals surface area (Å²) >= 11 is 5.69. The van der Waals surface area contributed by atoms with Gasteiger partial charge in [0.05, 0.1) is 30.4 Å². The van der Waals surface area contributed by atoms with Crippen molar-refractivity contribution >= 4 is 43.9 Å². The van der Waals surface area contributed by atoms with Crippen LogP contribution in [0.5, 0.6) is 11.5 Å². The molecule has 0 saturated heterocycles. The fourth-order valence-electron chi connectivity index (χ4n) is 3.10. The highest BCUT2D eigenvalue weighted by Gasteiger charge is 2.21. The Morgan fingerprint density at radius 1 is 0.967 bits per heavy atom. The number of hydrogen-bond donors (Lipinski definition) is 1. The van der Waals surface area contributed by atoms with Gasteiger partial charge in [-0.2, -0.15) is 0 Å². The quantitative estimate of drug-likeness (QED) is 0.374. The number of anilines is 1. The molecule has 0 saturated carbocycles. The molecule has 0 aromatic heterocycles. The van der Waals surface area contributed by atoms with Crippen molar-refractivity contribution < 1.29 is 22.7 Å². The molecule has 0 amide bonds. The third-order valence-corrected chi connectivity index (χ3v) is 6.27. The highest BCUT2D eigenvalue weighted by Crippen LogP contribution is 2.35. The van der Waals surface area contributed by atoms with Gasteiger partial charge in [-0.3, -0.25) is 9.52 Å². The molecule has 0 radical (unpaired) electrons. The van der Waals surface area contributed by atoms with E-state index in [2.05, 4.69) is 4.72 Å². The lowest BCUT2D eigenvalue weighted by molar-refractivity contribution is 0.0979. The van der Waals surface area contributed by atoms with Crippen LogP contribution in [0.1, 0.15) is 23.2 Å². The van der Waals surface area contributed by atoms with Crippen molar-refractivity contribution in [3.63, 3.8) is 0 Å². The second kappa shape index (κ2) is 9.36. The first-order valence-corrected chi connectivity index (χ1v) is 11.3. The van der Waals surface area contributed by atoms with Gasteiger partial charge in [0, 0.05) is 18.4 Å². The van der Waals surface area contributed by atoms with E-state index in [1.165, 1.54) is 32.4 Å². The van der Waals surface area contributed by atoms with E-state index in [0.717, 1.165) is 10.8 Å². The van der Waals surface area contributed by atoms with E-state index >= 15 is 0 Å². The molecule has 0 bridgehead atoms. The van der Waals surface area contributed by atoms with Gasteiger partial charge < -0.3 is 9.47 Å². The van der Waals surface area contributed by atoms with E-state index in [9.17, 15) is 13.2 Å². The van der Waals surface area contributed by atoms with Crippen molar-refractivity contribution in [3.05, 3.63) is 60.2 Å². The maximum atomic E-state index is 13.0. The summed E-state index contributed by atoms with van der Waals surface area (Å²) in [5.41, 5.74) is 0.417. The highest BCUT2D eigenvalue weighted by atomic mass is 35.5. The minimum absolute atomic E-state index is 0.106. The molecule has 8 heteroatoms. The Morgan fingerprint density at radius 2 is 1.67 bits per heavy atom. The van der Waals surface area contributed by atoms with Gasteiger partial charge in [-0.05, 0) is 35.4 Å². The predicted octanol–water partition coefficient (Wildman–Crippen LogP) is 4.86. The maximum Gasteiger partial charge on any atom is 0.262 e. The monoisotopic (exact) mass is 447 g/mol. The number of carbonyl (C=O) groups is 1. The standard InChI is InChI=1S/C22H22ClNO5S/c1-28-21-14-22(29-2)19(13-18(21)20(25)8-5-11-23)24-30(26,27)17-10-9-15-6-3-4-7-16(15)12-17/h3-4,6-7,9-10,12-14,24H,5,8,11H2,1-2H3. The summed E-state index contributed by atoms with van der Waals surface area (Å²) in [6.07, 6.45) is 0.733. The van der Waals surface area contributed by atoms with Crippen LogP contribution in [0.15, 0.2) is 59.5 Å². The third-order valence-electron chi connectivity index (χ3n) is 4.64. The first-order valence-electron chi connectivity index (χ1n) is 9.26. The number of rotatable bonds is 9. The minimum Gasteiger partial charge on any atom is -0.496 e. The van der Waals surface area contributed by atoms with Gasteiger partial charge in [-0.15, -0.1) is 11.6 Å². The molecule has 158 valence electrons. The number of fused-ring (bicyclic) bond motifs is 1. The Labute approximate surface area is 180 Å². The zero-order valence-electron chi connectivity index (χ0n) is 16.6. The number of ketones is 1. The number of alkyl halides is 1. The number of halogens is 1. The number of carbonyl (C=O) groups excluding carboxylic acids is 1. The average molecular weight is 448 g/mol. The van der Waals surface area contributed by atoms with Gasteiger partial charge in [-0.1, -0.05) is 30.3 Å². The Morgan fingerprint density at radius 3 is 2.33 bits per heavy atom. The second-order valence-corrected chi connectivity index (χ2v) is 8.64. The van der Waals surface area contributed by atoms with E-state index in [-0.39, 0.29) is 34.1 Å². The van der Waals surface area contributed by atoms with Crippen molar-refractivity contribution in [1.82, 2.24) is 0 Å². The Balaban J connectivity index is 2.01. The smallest absolute Gasteiger partial charge is 0.262 e. The number of sulfonamides is 1. The molecule has 30 heavy (non-hydrogen) atoms. The van der Waals surface area contributed by atoms with Crippen LogP contribution >= 0.6 is 11.6 Å². The number of Topliss-reactive ketones (excluding diaryl/α,β-unsaturated/α-hetero) is 1. The molecule has 0 unspecified atom stereocenters. The molecule has 0 aliphatic rings. The van der Waals surface area contributed by atoms with Crippen LogP contribution < -0.4 is 14.2 Å². The summed E-state index contributed by atoms with van der Waals surface area (Å²) in [7, 11) is -1.07. The molecular formula is C22H22ClNO5S. The largest absolute Gasteiger partial charge is 0.496 e. The summed E-state index contributed by atoms with van der Waals surface area (Å²) in [4.78, 5) is 12.7. The molecule has 0 fully saturated rings. The van der Waals surface area contributed by atoms with Crippen molar-refractivity contribution in [2.24, 2.45) is 0 Å². The van der Waals surface area contributed by atoms with Crippen molar-refractivity contribution in [3.8, 4) is 11.5 Å². The Bertz CT molecular complexity index is 1180. The normalized spacial score (nSPS) is 11.3. The zero-order valence-corrected chi connectivity index (χ0v) is 18.2. The Hall–Kier alpha value is -2.77. The van der Waals surface area contributed by atoms with Gasteiger partial charge in [0.2, 0.25) is 0 Å². The molecule has 0 heterocycles. The number of benzene rings is 3. The molecule has 0 aliphatic carbocycles. The fraction of sp³-hybridized carbons (Fsp3) is 0.227. The van der Waals surface area contributed by atoms with Crippen molar-refractivity contribution in [2.45, 2.75) is 17.7 Å². The van der Waals surface area contributed by atoms with Crippen LogP contribution in [0.3, 0.4) is 0 Å². The first-order chi connectivity index (χ1) is 14.4. The van der Waals surface area contributed by atoms with E-state index in [1.54, 1.807) is 12.1 Å². The summed E-state index contributed by atoms with van der Waals surface area (Å²) in [6, 6.07) is 15.3. The molecule has 6 nitrogen and oxygen atoms in total. The highest BCUT2D eigenvalue weighted by molar-refractivity contribution is 7.92. The van der Waals surface area contributed by atoms with Crippen LogP contribution in [-0.4, -0.2) is 34.3 Å². The summed E-state index contributed by atoms with van der Waals surface area (Å²) in [5, 5.41) is 1.74. The number of methoxy groups -OCH3 is 2. The Kier molecular flexibility index (Phi) is 6.84. The van der Waals surface area contributed by atoms with E-state index in [4.69, 9.17) is 21.1 Å². The molecule has 3 aromatic carbocycles. The van der Waals surface area contributed by atoms with Crippen molar-refractivity contribution in [1.29, 1.82) is 0 Å². The van der Waals surface area contributed by atoms with Crippen LogP contribution in [-0.2, 0) is 10.0 Å². The van der Waals surface area contributed by atoms with Crippen LogP contribution in [0.25, 0.3) is 10.8 Å². The fourth-order valence-corrected chi connectivity index (χ4v) is 4.33. The average Bonchev–Trinajstić information content (AvgIpc) is 2.76. The SMILES string of the molecule is COc1cc(OC)c(C(=O)CCCCl)cc1NS(=O)(=O)c1ccc2ccccc2c1. The minimum atomic E-state index is -3.92. The molecule has 3 rings (SSSR count). The summed E-state index contributed by atoms with van der Waals surface area (Å²) < 4.78 is 39.2. The van der Waals surface area contributed by atoms with Crippen LogP contribution in [0, 0.1) is 0 Å². The van der Waals surface area contributed by atoms with Gasteiger partial charge in [0.1, 0.15) is 11.5 Å². The second-order valence-electron chi connectivity index (χ2n) is 6.58. The first kappa shape index (κ1) is 21.9. The number of hydrogen-bond acceptors (Lipinski definition) is 5. The lowest BCUT2D eigenvalue weighted by Gasteiger charge is -2.16. The number of nitrogens with one attached hydrogen (secondary N) is 1. The molecule has 1 N–H and O–H groups in total. The molecular weight excluding hydrogens is 426 g/mol. The molecule has 3 aromatic rings. The molecule has 0 atom stereocenters. The molecule has 0 spiro atoms. The van der Waals surface area contributed by atoms with E-state index < -0.39 is 10.0 Å². The summed E-state index contributed by atoms with van der Waals surface area (Å²) in [5.74, 6) is 0.706. The number of ether oxygens (including phenoxy) is 2. The summed E-state index contributed by atoms with van der Waals surface area (Å²) in [6.45, 7) is 0. The lowest BCUT2D eigenvalue weighted by atomic mass is 10.0. The maximum absolute atomic E-state index is 13.0. The van der Waals surface area contributed by atoms with Crippen LogP contribution in [0.2, 0.25) is 0 Å². The van der Waals surface area contributed by atoms with E-state index in [0.29, 0.717) is 18.1 Å².